The van der Waals surface area contributed by atoms with Crippen LogP contribution in [0.1, 0.15) is 10.4 Å². The van der Waals surface area contributed by atoms with Crippen molar-refractivity contribution in [2.45, 2.75) is 5.60 Å². The summed E-state index contributed by atoms with van der Waals surface area (Å²) in [4.78, 5) is 0.835. The molecule has 2 heterocycles. The van der Waals surface area contributed by atoms with Crippen molar-refractivity contribution >= 4 is 11.3 Å². The molecule has 4 heteroatoms. The van der Waals surface area contributed by atoms with E-state index in [1.807, 2.05) is 17.5 Å². The second-order valence-corrected chi connectivity index (χ2v) is 4.00. The molecule has 0 radical (unpaired) electrons. The lowest BCUT2D eigenvalue weighted by atomic mass is 9.95. The number of nitrogens with two attached hydrogens (primary N) is 1. The summed E-state index contributed by atoms with van der Waals surface area (Å²) < 4.78 is 4.95. The molecule has 0 bridgehead atoms. The van der Waals surface area contributed by atoms with Crippen LogP contribution < -0.4 is 5.73 Å². The minimum absolute atomic E-state index is 0.146. The highest BCUT2D eigenvalue weighted by Crippen LogP contribution is 2.31. The summed E-state index contributed by atoms with van der Waals surface area (Å²) in [5, 5.41) is 12.3. The first-order valence-corrected chi connectivity index (χ1v) is 5.14. The highest BCUT2D eigenvalue weighted by molar-refractivity contribution is 7.10. The molecule has 0 saturated carbocycles. The molecule has 2 rings (SSSR count). The molecule has 2 aromatic heterocycles. The predicted octanol–water partition coefficient (Wildman–Crippen LogP) is 1.54. The SMILES string of the molecule is NCC(O)(c1ccoc1)c1cccs1. The Kier molecular flexibility index (Phi) is 2.41. The van der Waals surface area contributed by atoms with Gasteiger partial charge in [-0.05, 0) is 17.5 Å². The van der Waals surface area contributed by atoms with Crippen LogP contribution in [0.5, 0.6) is 0 Å². The molecule has 2 aromatic rings. The molecule has 74 valence electrons. The third kappa shape index (κ3) is 1.37. The van der Waals surface area contributed by atoms with Gasteiger partial charge in [-0.1, -0.05) is 6.07 Å². The maximum absolute atomic E-state index is 10.4. The van der Waals surface area contributed by atoms with E-state index in [9.17, 15) is 5.11 Å². The Balaban J connectivity index is 2.45. The van der Waals surface area contributed by atoms with E-state index in [-0.39, 0.29) is 6.54 Å². The largest absolute Gasteiger partial charge is 0.472 e. The Labute approximate surface area is 85.8 Å². The zero-order valence-electron chi connectivity index (χ0n) is 7.51. The molecule has 0 aromatic carbocycles. The number of furan rings is 1. The first-order chi connectivity index (χ1) is 6.77. The van der Waals surface area contributed by atoms with Gasteiger partial charge in [-0.25, -0.2) is 0 Å². The first kappa shape index (κ1) is 9.45. The summed E-state index contributed by atoms with van der Waals surface area (Å²) in [6.07, 6.45) is 3.05. The lowest BCUT2D eigenvalue weighted by Crippen LogP contribution is -2.34. The molecular weight excluding hydrogens is 198 g/mol. The van der Waals surface area contributed by atoms with Crippen molar-refractivity contribution in [3.8, 4) is 0 Å². The van der Waals surface area contributed by atoms with Crippen molar-refractivity contribution in [1.29, 1.82) is 0 Å². The molecule has 0 spiro atoms. The van der Waals surface area contributed by atoms with Gasteiger partial charge >= 0.3 is 0 Å². The Morgan fingerprint density at radius 1 is 1.50 bits per heavy atom. The van der Waals surface area contributed by atoms with Crippen molar-refractivity contribution in [2.24, 2.45) is 5.73 Å². The molecule has 3 nitrogen and oxygen atoms in total. The van der Waals surface area contributed by atoms with E-state index in [0.29, 0.717) is 5.56 Å². The zero-order chi connectivity index (χ0) is 10.0. The molecule has 1 unspecified atom stereocenters. The maximum atomic E-state index is 10.4. The molecule has 0 aliphatic carbocycles. The molecule has 0 saturated heterocycles. The van der Waals surface area contributed by atoms with Crippen LogP contribution in [0, 0.1) is 0 Å². The average Bonchev–Trinajstić information content (AvgIpc) is 2.88. The second-order valence-electron chi connectivity index (χ2n) is 3.05. The van der Waals surface area contributed by atoms with Gasteiger partial charge in [0.05, 0.1) is 12.5 Å². The van der Waals surface area contributed by atoms with E-state index in [1.165, 1.54) is 23.9 Å². The van der Waals surface area contributed by atoms with Crippen molar-refractivity contribution < 1.29 is 9.52 Å². The van der Waals surface area contributed by atoms with Gasteiger partial charge < -0.3 is 15.3 Å². The highest BCUT2D eigenvalue weighted by Gasteiger charge is 2.31. The van der Waals surface area contributed by atoms with Gasteiger partial charge in [-0.3, -0.25) is 0 Å². The van der Waals surface area contributed by atoms with Gasteiger partial charge in [0.2, 0.25) is 0 Å². The number of hydrogen-bond acceptors (Lipinski definition) is 4. The summed E-state index contributed by atoms with van der Waals surface area (Å²) >= 11 is 1.48. The third-order valence-corrected chi connectivity index (χ3v) is 3.24. The Hall–Kier alpha value is -1.10. The Morgan fingerprint density at radius 3 is 2.86 bits per heavy atom. The lowest BCUT2D eigenvalue weighted by molar-refractivity contribution is 0.0934. The van der Waals surface area contributed by atoms with Crippen LogP contribution in [0.2, 0.25) is 0 Å². The molecule has 1 atom stereocenters. The van der Waals surface area contributed by atoms with Crippen molar-refractivity contribution in [2.75, 3.05) is 6.54 Å². The number of aliphatic hydroxyl groups is 1. The van der Waals surface area contributed by atoms with E-state index in [2.05, 4.69) is 0 Å². The molecule has 0 fully saturated rings. The monoisotopic (exact) mass is 209 g/mol. The molecular formula is C10H11NO2S. The van der Waals surface area contributed by atoms with Crippen molar-refractivity contribution in [3.63, 3.8) is 0 Å². The highest BCUT2D eigenvalue weighted by atomic mass is 32.1. The Morgan fingerprint density at radius 2 is 2.36 bits per heavy atom. The van der Waals surface area contributed by atoms with Crippen LogP contribution in [-0.2, 0) is 5.60 Å². The number of hydrogen-bond donors (Lipinski definition) is 2. The number of thiophene rings is 1. The maximum Gasteiger partial charge on any atom is 0.139 e. The summed E-state index contributed by atoms with van der Waals surface area (Å²) in [5.41, 5.74) is 5.19. The van der Waals surface area contributed by atoms with E-state index in [1.54, 1.807) is 6.07 Å². The summed E-state index contributed by atoms with van der Waals surface area (Å²) in [6, 6.07) is 5.48. The van der Waals surface area contributed by atoms with Crippen LogP contribution in [0.25, 0.3) is 0 Å². The third-order valence-electron chi connectivity index (χ3n) is 2.22. The molecule has 14 heavy (non-hydrogen) atoms. The summed E-state index contributed by atoms with van der Waals surface area (Å²) in [6.45, 7) is 0.146. The molecule has 0 amide bonds. The van der Waals surface area contributed by atoms with Crippen molar-refractivity contribution in [3.05, 3.63) is 46.5 Å². The minimum atomic E-state index is -1.11. The second kappa shape index (κ2) is 3.57. The van der Waals surface area contributed by atoms with E-state index >= 15 is 0 Å². The summed E-state index contributed by atoms with van der Waals surface area (Å²) in [7, 11) is 0. The fraction of sp³-hybridized carbons (Fsp3) is 0.200. The Bertz CT molecular complexity index is 346. The van der Waals surface area contributed by atoms with E-state index in [0.717, 1.165) is 4.88 Å². The molecule has 0 aliphatic heterocycles. The van der Waals surface area contributed by atoms with Crippen LogP contribution in [-0.4, -0.2) is 11.7 Å². The van der Waals surface area contributed by atoms with Gasteiger partial charge in [0.15, 0.2) is 0 Å². The van der Waals surface area contributed by atoms with Gasteiger partial charge in [-0.15, -0.1) is 11.3 Å². The quantitative estimate of drug-likeness (QED) is 0.806. The fourth-order valence-electron chi connectivity index (χ4n) is 1.37. The van der Waals surface area contributed by atoms with Crippen LogP contribution >= 0.6 is 11.3 Å². The molecule has 0 aliphatic rings. The standard InChI is InChI=1S/C10H11NO2S/c11-7-10(12,8-3-4-13-6-8)9-2-1-5-14-9/h1-6,12H,7,11H2. The van der Waals surface area contributed by atoms with Crippen LogP contribution in [0.4, 0.5) is 0 Å². The lowest BCUT2D eigenvalue weighted by Gasteiger charge is -2.23. The van der Waals surface area contributed by atoms with Gasteiger partial charge in [0, 0.05) is 17.0 Å². The zero-order valence-corrected chi connectivity index (χ0v) is 8.33. The normalized spacial score (nSPS) is 15.3. The van der Waals surface area contributed by atoms with Crippen molar-refractivity contribution in [1.82, 2.24) is 0 Å². The fourth-order valence-corrected chi connectivity index (χ4v) is 2.23. The van der Waals surface area contributed by atoms with Gasteiger partial charge in [-0.2, -0.15) is 0 Å². The average molecular weight is 209 g/mol. The topological polar surface area (TPSA) is 59.4 Å². The smallest absolute Gasteiger partial charge is 0.139 e. The minimum Gasteiger partial charge on any atom is -0.472 e. The van der Waals surface area contributed by atoms with Gasteiger partial charge in [0.1, 0.15) is 5.60 Å². The summed E-state index contributed by atoms with van der Waals surface area (Å²) in [5.74, 6) is 0. The van der Waals surface area contributed by atoms with Crippen LogP contribution in [0.15, 0.2) is 40.5 Å². The van der Waals surface area contributed by atoms with Crippen LogP contribution in [0.3, 0.4) is 0 Å². The van der Waals surface area contributed by atoms with Gasteiger partial charge in [0.25, 0.3) is 0 Å². The van der Waals surface area contributed by atoms with E-state index in [4.69, 9.17) is 10.2 Å². The molecule has 3 N–H and O–H groups in total. The first-order valence-electron chi connectivity index (χ1n) is 4.26. The number of rotatable bonds is 3. The van der Waals surface area contributed by atoms with E-state index < -0.39 is 5.60 Å². The predicted molar refractivity (Wildman–Crippen MR) is 55.1 cm³/mol.